The van der Waals surface area contributed by atoms with Gasteiger partial charge in [0.05, 0.1) is 0 Å². The van der Waals surface area contributed by atoms with Gasteiger partial charge in [-0.25, -0.2) is 0 Å². The maximum absolute atomic E-state index is 11.4. The van der Waals surface area contributed by atoms with E-state index in [0.717, 1.165) is 54.6 Å². The number of amides is 1. The molecule has 0 spiro atoms. The predicted octanol–water partition coefficient (Wildman–Crippen LogP) is 14.9. The molecular formula is C49H86N4O. The minimum Gasteiger partial charge on any atom is -0.358 e. The molecule has 54 heavy (non-hydrogen) atoms. The molecule has 308 valence electrons. The van der Waals surface area contributed by atoms with Crippen molar-refractivity contribution in [2.75, 3.05) is 14.1 Å². The number of aliphatic imine (C=N–C) groups is 1. The first-order valence-corrected chi connectivity index (χ1v) is 21.4. The highest BCUT2D eigenvalue weighted by Gasteiger charge is 2.19. The molecule has 0 saturated heterocycles. The highest BCUT2D eigenvalue weighted by Crippen LogP contribution is 2.35. The molecule has 0 bridgehead atoms. The Hall–Kier alpha value is -3.91. The van der Waals surface area contributed by atoms with E-state index in [1.807, 2.05) is 137 Å². The van der Waals surface area contributed by atoms with E-state index in [0.29, 0.717) is 0 Å². The lowest BCUT2D eigenvalue weighted by Crippen LogP contribution is -2.25. The van der Waals surface area contributed by atoms with Gasteiger partial charge in [-0.3, -0.25) is 4.79 Å². The fourth-order valence-electron chi connectivity index (χ4n) is 5.12. The van der Waals surface area contributed by atoms with Crippen molar-refractivity contribution in [3.8, 4) is 6.19 Å². The Bertz CT molecular complexity index is 1230. The number of rotatable bonds is 7. The van der Waals surface area contributed by atoms with Crippen molar-refractivity contribution < 1.29 is 4.79 Å². The third-order valence-electron chi connectivity index (χ3n) is 7.49. The van der Waals surface area contributed by atoms with E-state index in [1.54, 1.807) is 12.6 Å². The number of nitrogens with zero attached hydrogens (tertiary/aromatic N) is 3. The average Bonchev–Trinajstić information content (AvgIpc) is 3.25. The summed E-state index contributed by atoms with van der Waals surface area (Å²) in [6, 6.07) is 28.9. The van der Waals surface area contributed by atoms with Gasteiger partial charge in [-0.05, 0) is 53.9 Å². The van der Waals surface area contributed by atoms with Crippen LogP contribution in [0.4, 0.5) is 0 Å². The van der Waals surface area contributed by atoms with Crippen molar-refractivity contribution in [2.45, 2.75) is 168 Å². The van der Waals surface area contributed by atoms with Gasteiger partial charge in [-0.2, -0.15) is 10.3 Å². The molecule has 3 aromatic carbocycles. The third-order valence-corrected chi connectivity index (χ3v) is 7.49. The largest absolute Gasteiger partial charge is 0.358 e. The summed E-state index contributed by atoms with van der Waals surface area (Å²) < 4.78 is 0. The summed E-state index contributed by atoms with van der Waals surface area (Å²) in [5.74, 6) is 2.63. The van der Waals surface area contributed by atoms with Crippen LogP contribution >= 0.6 is 0 Å². The topological polar surface area (TPSA) is 68.5 Å². The molecule has 0 heterocycles. The average molecular weight is 747 g/mol. The minimum atomic E-state index is 0.00375. The van der Waals surface area contributed by atoms with Gasteiger partial charge in [0.1, 0.15) is 5.84 Å². The molecule has 5 nitrogen and oxygen atoms in total. The summed E-state index contributed by atoms with van der Waals surface area (Å²) in [4.78, 5) is 17.2. The van der Waals surface area contributed by atoms with Crippen LogP contribution in [0.2, 0.25) is 0 Å². The SMILES string of the molecule is CC.CC.CC.CC.CC.CC1CCC(c2ccccc2)CC1.CCC.CCC(=NC#N)N(C)Cc1ccccc1.CCCc1ccccc1C(=O)NC. The third kappa shape index (κ3) is 30.5. The van der Waals surface area contributed by atoms with E-state index in [-0.39, 0.29) is 5.91 Å². The van der Waals surface area contributed by atoms with E-state index in [9.17, 15) is 4.79 Å². The Balaban J connectivity index is -0.000000192. The molecule has 1 aliphatic rings. The van der Waals surface area contributed by atoms with Gasteiger partial charge < -0.3 is 10.2 Å². The summed E-state index contributed by atoms with van der Waals surface area (Å²) in [5.41, 5.74) is 4.70. The number of carbonyl (C=O) groups excluding carboxylic acids is 1. The molecule has 0 aromatic heterocycles. The van der Waals surface area contributed by atoms with Crippen LogP contribution in [0.1, 0.15) is 182 Å². The molecule has 4 rings (SSSR count). The van der Waals surface area contributed by atoms with Crippen LogP contribution in [-0.2, 0) is 13.0 Å². The van der Waals surface area contributed by atoms with Crippen molar-refractivity contribution in [1.82, 2.24) is 10.2 Å². The quantitative estimate of drug-likeness (QED) is 0.149. The maximum atomic E-state index is 11.4. The first-order chi connectivity index (χ1) is 26.3. The number of hydrogen-bond donors (Lipinski definition) is 1. The normalized spacial score (nSPS) is 13.1. The number of benzene rings is 3. The molecule has 1 saturated carbocycles. The van der Waals surface area contributed by atoms with E-state index in [2.05, 4.69) is 80.5 Å². The standard InChI is InChI=1S/C13H18.C12H15N3.C11H15NO.C3H8.5C2H6/c1-11-7-9-13(10-8-11)12-5-3-2-4-6-12;1-3-12(14-10-13)15(2)9-11-7-5-4-6-8-11;1-3-6-9-7-4-5-8-10(9)11(13)12-2;1-3-2;5*1-2/h2-6,11,13H,7-10H2,1H3;4-8H,3,9H2,1-2H3;4-5,7-8H,3,6H2,1-2H3,(H,12,13);3H2,1-2H3;5*1-2H3. The molecule has 3 aromatic rings. The first kappa shape index (κ1) is 59.4. The lowest BCUT2D eigenvalue weighted by atomic mass is 9.79. The molecule has 1 N–H and O–H groups in total. The van der Waals surface area contributed by atoms with Crippen LogP contribution in [0.15, 0.2) is 89.9 Å². The molecule has 0 radical (unpaired) electrons. The van der Waals surface area contributed by atoms with Gasteiger partial charge in [0, 0.05) is 32.6 Å². The zero-order chi connectivity index (χ0) is 42.6. The maximum Gasteiger partial charge on any atom is 0.251 e. The zero-order valence-electron chi connectivity index (χ0n) is 38.4. The summed E-state index contributed by atoms with van der Waals surface area (Å²) >= 11 is 0. The zero-order valence-corrected chi connectivity index (χ0v) is 38.4. The van der Waals surface area contributed by atoms with Gasteiger partial charge in [-0.15, -0.1) is 0 Å². The van der Waals surface area contributed by atoms with Gasteiger partial charge in [0.15, 0.2) is 0 Å². The molecule has 0 atom stereocenters. The van der Waals surface area contributed by atoms with E-state index in [1.165, 1.54) is 37.7 Å². The fraction of sp³-hybridized carbons (Fsp3) is 0.571. The van der Waals surface area contributed by atoms with Crippen molar-refractivity contribution >= 4 is 11.7 Å². The predicted molar refractivity (Wildman–Crippen MR) is 245 cm³/mol. The highest BCUT2D eigenvalue weighted by atomic mass is 16.1. The van der Waals surface area contributed by atoms with Crippen molar-refractivity contribution in [2.24, 2.45) is 10.9 Å². The van der Waals surface area contributed by atoms with Gasteiger partial charge >= 0.3 is 0 Å². The Morgan fingerprint density at radius 2 is 1.19 bits per heavy atom. The van der Waals surface area contributed by atoms with Crippen LogP contribution in [0.5, 0.6) is 0 Å². The van der Waals surface area contributed by atoms with Crippen LogP contribution in [0.25, 0.3) is 0 Å². The number of amidine groups is 1. The Labute approximate surface area is 337 Å². The number of hydrogen-bond acceptors (Lipinski definition) is 3. The molecule has 0 unspecified atom stereocenters. The van der Waals surface area contributed by atoms with Gasteiger partial charge in [0.2, 0.25) is 6.19 Å². The monoisotopic (exact) mass is 747 g/mol. The second-order valence-electron chi connectivity index (χ2n) is 11.4. The highest BCUT2D eigenvalue weighted by molar-refractivity contribution is 5.95. The van der Waals surface area contributed by atoms with Crippen LogP contribution in [-0.4, -0.2) is 30.7 Å². The van der Waals surface area contributed by atoms with Crippen LogP contribution in [0, 0.1) is 17.4 Å². The van der Waals surface area contributed by atoms with E-state index >= 15 is 0 Å². The molecule has 0 aliphatic heterocycles. The smallest absolute Gasteiger partial charge is 0.251 e. The summed E-state index contributed by atoms with van der Waals surface area (Å²) in [7, 11) is 3.61. The van der Waals surface area contributed by atoms with Gasteiger partial charge in [0.25, 0.3) is 5.91 Å². The summed E-state index contributed by atoms with van der Waals surface area (Å²) in [5, 5.41) is 11.2. The number of carbonyl (C=O) groups is 1. The van der Waals surface area contributed by atoms with Crippen LogP contribution < -0.4 is 5.32 Å². The molecule has 1 aliphatic carbocycles. The van der Waals surface area contributed by atoms with Crippen LogP contribution in [0.3, 0.4) is 0 Å². The van der Waals surface area contributed by atoms with E-state index < -0.39 is 0 Å². The van der Waals surface area contributed by atoms with Gasteiger partial charge in [-0.1, -0.05) is 208 Å². The van der Waals surface area contributed by atoms with E-state index in [4.69, 9.17) is 5.26 Å². The fourth-order valence-corrected chi connectivity index (χ4v) is 5.12. The first-order valence-electron chi connectivity index (χ1n) is 21.4. The Morgan fingerprint density at radius 3 is 1.61 bits per heavy atom. The minimum absolute atomic E-state index is 0.00375. The number of aryl methyl sites for hydroxylation is 1. The van der Waals surface area contributed by atoms with Crippen molar-refractivity contribution in [1.29, 1.82) is 5.26 Å². The second-order valence-corrected chi connectivity index (χ2v) is 11.4. The van der Waals surface area contributed by atoms with Crippen molar-refractivity contribution in [3.63, 3.8) is 0 Å². The van der Waals surface area contributed by atoms with Crippen molar-refractivity contribution in [3.05, 3.63) is 107 Å². The molecule has 1 fully saturated rings. The second kappa shape index (κ2) is 47.1. The molecule has 5 heteroatoms. The Morgan fingerprint density at radius 1 is 0.741 bits per heavy atom. The summed E-state index contributed by atoms with van der Waals surface area (Å²) in [6.45, 7) is 31.5. The lowest BCUT2D eigenvalue weighted by Gasteiger charge is -2.26. The molecular weight excluding hydrogens is 661 g/mol. The Kier molecular flexibility index (Phi) is 51.8. The number of nitriles is 1. The molecule has 1 amide bonds. The summed E-state index contributed by atoms with van der Waals surface area (Å²) in [6.07, 6.45) is 11.5. The lowest BCUT2D eigenvalue weighted by molar-refractivity contribution is 0.0962. The number of nitrogens with one attached hydrogen (secondary N) is 1.